The van der Waals surface area contributed by atoms with Crippen molar-refractivity contribution in [3.05, 3.63) is 72.3 Å². The maximum Gasteiger partial charge on any atom is 0.410 e. The van der Waals surface area contributed by atoms with E-state index in [4.69, 9.17) is 33.8 Å². The van der Waals surface area contributed by atoms with Crippen molar-refractivity contribution < 1.29 is 33.3 Å². The topological polar surface area (TPSA) is 127 Å². The van der Waals surface area contributed by atoms with Crippen LogP contribution in [0.1, 0.15) is 132 Å². The highest BCUT2D eigenvalue weighted by Gasteiger charge is 2.72. The number of hydrogen-bond acceptors (Lipinski definition) is 10. The van der Waals surface area contributed by atoms with E-state index >= 15 is 4.79 Å². The van der Waals surface area contributed by atoms with Crippen LogP contribution in [-0.2, 0) is 30.3 Å². The maximum atomic E-state index is 15.1. The molecule has 0 N–H and O–H groups in total. The second kappa shape index (κ2) is 17.6. The molecule has 2 aromatic heterocycles. The second-order valence-corrected chi connectivity index (χ2v) is 23.7. The summed E-state index contributed by atoms with van der Waals surface area (Å²) in [6, 6.07) is 11.6. The number of methoxy groups -OCH3 is 1. The highest BCUT2D eigenvalue weighted by molar-refractivity contribution is 5.75. The predicted octanol–water partition coefficient (Wildman–Crippen LogP) is 10.9. The first-order valence-electron chi connectivity index (χ1n) is 25.3. The molecule has 0 spiro atoms. The van der Waals surface area contributed by atoms with E-state index in [2.05, 4.69) is 64.2 Å². The number of ether oxygens (including phenoxy) is 5. The van der Waals surface area contributed by atoms with Crippen molar-refractivity contribution in [2.45, 2.75) is 151 Å². The number of benzene rings is 1. The van der Waals surface area contributed by atoms with Crippen LogP contribution in [0.25, 0.3) is 11.4 Å². The van der Waals surface area contributed by atoms with Crippen LogP contribution in [0.15, 0.2) is 66.8 Å². The summed E-state index contributed by atoms with van der Waals surface area (Å²) in [5.41, 5.74) is 1.42. The third-order valence-electron chi connectivity index (χ3n) is 18.9. The standard InChI is InChI=1S/C55H77N5O7/c1-35(2)36(3)51(7)24-25-53(9)41-18-19-44-52(8)32-64-33-55(44,42(41)20-23-54(53,10)45(51)48(61)66-30-37-14-16-40(63-11)17-15-37)29-43(60-47(57-34-58-60)38-21-26-56-27-22-38)46(52)65-31-39-13-12-28-59(39)49(62)67-50(4,5)6/h14-17,20-22,26-27,34-36,39,41,43-46H,12-13,18-19,23-25,28-33H2,1-11H3/t36-,39+,41+,43-,44+,45-,46+,51-,52+,53-,54+,55+/m1/s1. The zero-order valence-corrected chi connectivity index (χ0v) is 42.2. The van der Waals surface area contributed by atoms with E-state index in [1.54, 1.807) is 13.4 Å². The molecule has 4 aliphatic carbocycles. The Bertz CT molecular complexity index is 2310. The van der Waals surface area contributed by atoms with Gasteiger partial charge in [-0.05, 0) is 142 Å². The third kappa shape index (κ3) is 7.92. The van der Waals surface area contributed by atoms with Crippen LogP contribution in [0.3, 0.4) is 0 Å². The number of fused-ring (bicyclic) bond motifs is 3. The summed E-state index contributed by atoms with van der Waals surface area (Å²) in [6.45, 7) is 25.0. The Morgan fingerprint density at radius 3 is 2.39 bits per heavy atom. The smallest absolute Gasteiger partial charge is 0.410 e. The fourth-order valence-electron chi connectivity index (χ4n) is 15.0. The summed E-state index contributed by atoms with van der Waals surface area (Å²) in [4.78, 5) is 39.7. The summed E-state index contributed by atoms with van der Waals surface area (Å²) < 4.78 is 34.2. The molecule has 5 fully saturated rings. The minimum atomic E-state index is -0.584. The largest absolute Gasteiger partial charge is 0.497 e. The number of likely N-dealkylation sites (tertiary alicyclic amines) is 1. The molecule has 364 valence electrons. The molecule has 2 saturated heterocycles. The Morgan fingerprint density at radius 1 is 0.940 bits per heavy atom. The molecule has 2 bridgehead atoms. The summed E-state index contributed by atoms with van der Waals surface area (Å²) in [6.07, 6.45) is 14.8. The van der Waals surface area contributed by atoms with E-state index in [1.165, 1.54) is 5.57 Å². The van der Waals surface area contributed by atoms with Crippen LogP contribution in [0.4, 0.5) is 4.79 Å². The van der Waals surface area contributed by atoms with Gasteiger partial charge in [0.15, 0.2) is 5.82 Å². The molecule has 1 amide bonds. The predicted molar refractivity (Wildman–Crippen MR) is 257 cm³/mol. The van der Waals surface area contributed by atoms with Crippen LogP contribution in [0, 0.1) is 56.7 Å². The molecule has 1 aromatic carbocycles. The van der Waals surface area contributed by atoms with Crippen LogP contribution in [0.2, 0.25) is 0 Å². The first-order chi connectivity index (χ1) is 31.8. The highest BCUT2D eigenvalue weighted by Crippen LogP contribution is 2.75. The van der Waals surface area contributed by atoms with Crippen molar-refractivity contribution in [3.8, 4) is 17.1 Å². The zero-order valence-electron chi connectivity index (χ0n) is 42.2. The fraction of sp³-hybridized carbons (Fsp3) is 0.691. The first kappa shape index (κ1) is 47.8. The van der Waals surface area contributed by atoms with Crippen molar-refractivity contribution in [2.75, 3.05) is 33.5 Å². The number of nitrogens with zero attached hydrogens (tertiary/aromatic N) is 5. The minimum absolute atomic E-state index is 0.0726. The summed E-state index contributed by atoms with van der Waals surface area (Å²) in [5, 5.41) is 5.04. The molecule has 12 atom stereocenters. The van der Waals surface area contributed by atoms with Crippen molar-refractivity contribution in [1.29, 1.82) is 0 Å². The van der Waals surface area contributed by atoms with Gasteiger partial charge in [-0.25, -0.2) is 14.5 Å². The van der Waals surface area contributed by atoms with Gasteiger partial charge in [0.2, 0.25) is 0 Å². The van der Waals surface area contributed by atoms with Crippen molar-refractivity contribution in [3.63, 3.8) is 0 Å². The number of rotatable bonds is 11. The number of esters is 1. The van der Waals surface area contributed by atoms with Gasteiger partial charge in [0.25, 0.3) is 0 Å². The van der Waals surface area contributed by atoms with E-state index in [-0.39, 0.29) is 75.8 Å². The molecule has 0 radical (unpaired) electrons. The fourth-order valence-corrected chi connectivity index (χ4v) is 15.0. The Labute approximate surface area is 399 Å². The van der Waals surface area contributed by atoms with Gasteiger partial charge in [-0.15, -0.1) is 0 Å². The molecule has 12 nitrogen and oxygen atoms in total. The quantitative estimate of drug-likeness (QED) is 0.135. The second-order valence-electron chi connectivity index (χ2n) is 23.7. The SMILES string of the molecule is COc1ccc(COC(=O)[C@@H]2[C@@](C)([C@H](C)C(C)C)CC[C@]3(C)[C@H]4CC[C@@H]5[C@@]6(COC[C@]5(C)[C@@H](OC[C@@H]5CCCN5C(=O)OC(C)(C)C)[C@H](n5ncnc5-c5ccncc5)C6)C4=CC[C@@]23C)cc1. The van der Waals surface area contributed by atoms with Crippen LogP contribution < -0.4 is 4.74 Å². The normalized spacial score (nSPS) is 36.3. The summed E-state index contributed by atoms with van der Waals surface area (Å²) in [7, 11) is 1.67. The molecule has 3 saturated carbocycles. The minimum Gasteiger partial charge on any atom is -0.497 e. The molecule has 2 aliphatic heterocycles. The van der Waals surface area contributed by atoms with E-state index < -0.39 is 5.60 Å². The molecular weight excluding hydrogens is 843 g/mol. The highest BCUT2D eigenvalue weighted by atomic mass is 16.6. The molecule has 6 aliphatic rings. The van der Waals surface area contributed by atoms with Crippen molar-refractivity contribution in [2.24, 2.45) is 56.7 Å². The Hall–Kier alpha value is -4.29. The summed E-state index contributed by atoms with van der Waals surface area (Å²) >= 11 is 0. The molecule has 9 rings (SSSR count). The molecule has 4 heterocycles. The van der Waals surface area contributed by atoms with Gasteiger partial charge in [-0.1, -0.05) is 72.2 Å². The lowest BCUT2D eigenvalue weighted by Gasteiger charge is -2.71. The number of carbonyl (C=O) groups excluding carboxylic acids is 2. The van der Waals surface area contributed by atoms with Gasteiger partial charge in [0, 0.05) is 35.3 Å². The van der Waals surface area contributed by atoms with Crippen molar-refractivity contribution >= 4 is 12.1 Å². The van der Waals surface area contributed by atoms with E-state index in [9.17, 15) is 4.79 Å². The Balaban J connectivity index is 1.09. The van der Waals surface area contributed by atoms with Gasteiger partial charge in [-0.2, -0.15) is 5.10 Å². The van der Waals surface area contributed by atoms with Gasteiger partial charge in [0.05, 0.1) is 51.0 Å². The average molecular weight is 920 g/mol. The molecular formula is C55H77N5O7. The van der Waals surface area contributed by atoms with Crippen LogP contribution in [0.5, 0.6) is 5.75 Å². The third-order valence-corrected chi connectivity index (χ3v) is 18.9. The van der Waals surface area contributed by atoms with Crippen LogP contribution >= 0.6 is 0 Å². The van der Waals surface area contributed by atoms with Crippen LogP contribution in [-0.4, -0.2) is 87.9 Å². The van der Waals surface area contributed by atoms with Gasteiger partial charge >= 0.3 is 12.1 Å². The first-order valence-corrected chi connectivity index (χ1v) is 25.3. The number of aromatic nitrogens is 4. The van der Waals surface area contributed by atoms with Gasteiger partial charge in [0.1, 0.15) is 24.3 Å². The van der Waals surface area contributed by atoms with E-state index in [0.717, 1.165) is 74.1 Å². The Morgan fingerprint density at radius 2 is 1.69 bits per heavy atom. The number of pyridine rings is 1. The van der Waals surface area contributed by atoms with E-state index in [0.29, 0.717) is 44.1 Å². The monoisotopic (exact) mass is 920 g/mol. The summed E-state index contributed by atoms with van der Waals surface area (Å²) in [5.74, 6) is 2.49. The molecule has 0 unspecified atom stereocenters. The number of hydrogen-bond donors (Lipinski definition) is 0. The van der Waals surface area contributed by atoms with Gasteiger partial charge < -0.3 is 28.6 Å². The van der Waals surface area contributed by atoms with Gasteiger partial charge in [-0.3, -0.25) is 9.78 Å². The molecule has 12 heteroatoms. The number of amides is 1. The number of allylic oxidation sites excluding steroid dienone is 1. The molecule has 3 aromatic rings. The van der Waals surface area contributed by atoms with E-state index in [1.807, 2.05) is 74.5 Å². The van der Waals surface area contributed by atoms with Crippen molar-refractivity contribution in [1.82, 2.24) is 24.6 Å². The maximum absolute atomic E-state index is 15.1. The average Bonchev–Trinajstić information content (AvgIpc) is 3.99. The molecule has 67 heavy (non-hydrogen) atoms. The lowest BCUT2D eigenvalue weighted by atomic mass is 9.34. The zero-order chi connectivity index (χ0) is 47.7. The lowest BCUT2D eigenvalue weighted by Crippen LogP contribution is -2.69. The Kier molecular flexibility index (Phi) is 12.5. The lowest BCUT2D eigenvalue weighted by molar-refractivity contribution is -0.251. The number of carbonyl (C=O) groups is 2.